The number of anilines is 2. The number of H-pyrrole nitrogens is 1. The Kier molecular flexibility index (Phi) is 8.91. The Morgan fingerprint density at radius 3 is 2.48 bits per heavy atom. The standard InChI is InChI=1S/C49H50F2N10O6/c1-24-14-31(15-25(2)40(24)50)61-43(58-22-32-23-65-38-18-36-33(21-52-56(36)7)41(51)42(38)59(32)47(58)64)39-27(4)57(12-10-34(39)54-61)44(62)37-17-30-16-28(29-11-13-66-48(5,6)20-29)8-9-35(30)60(37)49(19-26(49)3)45-53-46(63)67-55-45/h8-9,14-18,21,26-27,29,32H,10-13,19-20,22-23H2,1-7H3,(H,53,55,63)/t26-,27-,29-,32-,49-/m0/s1. The lowest BCUT2D eigenvalue weighted by atomic mass is 9.83. The Morgan fingerprint density at radius 1 is 0.985 bits per heavy atom. The molecule has 0 bridgehead atoms. The molecule has 1 aliphatic carbocycles. The molecular weight excluding hydrogens is 863 g/mol. The van der Waals surface area contributed by atoms with Gasteiger partial charge in [-0.2, -0.15) is 10.2 Å². The van der Waals surface area contributed by atoms with Crippen LogP contribution in [0, 0.1) is 31.4 Å². The highest BCUT2D eigenvalue weighted by molar-refractivity contribution is 6.10. The van der Waals surface area contributed by atoms with Gasteiger partial charge in [-0.05, 0) is 113 Å². The molecule has 0 spiro atoms. The Morgan fingerprint density at radius 2 is 1.76 bits per heavy atom. The molecule has 3 aromatic carbocycles. The van der Waals surface area contributed by atoms with E-state index in [1.807, 2.05) is 22.5 Å². The van der Waals surface area contributed by atoms with Gasteiger partial charge in [-0.3, -0.25) is 28.8 Å². The number of aromatic nitrogens is 7. The molecule has 4 aromatic heterocycles. The number of amides is 3. The van der Waals surface area contributed by atoms with Crippen LogP contribution in [0.1, 0.15) is 103 Å². The van der Waals surface area contributed by atoms with Crippen LogP contribution >= 0.6 is 0 Å². The number of hydrogen-bond donors (Lipinski definition) is 1. The summed E-state index contributed by atoms with van der Waals surface area (Å²) in [6.45, 7) is 12.8. The zero-order chi connectivity index (χ0) is 46.6. The molecule has 3 fully saturated rings. The van der Waals surface area contributed by atoms with Crippen molar-refractivity contribution in [2.24, 2.45) is 13.0 Å². The van der Waals surface area contributed by atoms with Crippen LogP contribution in [0.2, 0.25) is 0 Å². The van der Waals surface area contributed by atoms with Gasteiger partial charge in [0.05, 0.1) is 52.7 Å². The van der Waals surface area contributed by atoms with Gasteiger partial charge in [0.15, 0.2) is 11.6 Å². The predicted molar refractivity (Wildman–Crippen MR) is 243 cm³/mol. The van der Waals surface area contributed by atoms with Crippen LogP contribution in [0.15, 0.2) is 58.0 Å². The van der Waals surface area contributed by atoms with Gasteiger partial charge in [-0.1, -0.05) is 18.1 Å². The first kappa shape index (κ1) is 41.6. The van der Waals surface area contributed by atoms with Gasteiger partial charge in [0.25, 0.3) is 5.91 Å². The van der Waals surface area contributed by atoms with Crippen LogP contribution in [0.5, 0.6) is 5.75 Å². The van der Waals surface area contributed by atoms with E-state index >= 15 is 18.4 Å². The third kappa shape index (κ3) is 6.03. The van der Waals surface area contributed by atoms with E-state index in [0.717, 1.165) is 29.3 Å². The maximum absolute atomic E-state index is 16.6. The molecule has 8 heterocycles. The molecule has 1 N–H and O–H groups in total. The van der Waals surface area contributed by atoms with Gasteiger partial charge in [0.1, 0.15) is 40.9 Å². The quantitative estimate of drug-likeness (QED) is 0.176. The van der Waals surface area contributed by atoms with Gasteiger partial charge in [-0.15, -0.1) is 0 Å². The van der Waals surface area contributed by atoms with E-state index in [1.165, 1.54) is 11.1 Å². The van der Waals surface area contributed by atoms with Crippen LogP contribution < -0.4 is 20.3 Å². The summed E-state index contributed by atoms with van der Waals surface area (Å²) in [5, 5.41) is 14.7. The molecule has 0 radical (unpaired) electrons. The van der Waals surface area contributed by atoms with Crippen molar-refractivity contribution in [2.75, 3.05) is 36.1 Å². The minimum atomic E-state index is -0.860. The largest absolute Gasteiger partial charge is 0.489 e. The molecule has 4 aliphatic heterocycles. The van der Waals surface area contributed by atoms with E-state index in [9.17, 15) is 4.79 Å². The van der Waals surface area contributed by atoms with E-state index in [0.29, 0.717) is 76.9 Å². The normalized spacial score (nSPS) is 24.3. The number of nitrogens with one attached hydrogen (secondary N) is 1. The first-order valence-electron chi connectivity index (χ1n) is 23.0. The summed E-state index contributed by atoms with van der Waals surface area (Å²) >= 11 is 0. The molecule has 1 saturated carbocycles. The molecule has 5 aliphatic rings. The molecule has 7 aromatic rings. The number of benzene rings is 3. The van der Waals surface area contributed by atoms with Gasteiger partial charge < -0.3 is 18.9 Å². The SMILES string of the molecule is Cc1cc(-n2nc3c(c2N2C[C@H]4COc5cc6c(cnn6C)c(F)c5N4C2=O)[C@H](C)N(C(=O)c2cc4cc([C@H]5CCOC(C)(C)C5)ccc4n2[C@@]2(c4noc(=O)[nH]4)C[C@@H]2C)CC3)cc(C)c1F. The third-order valence-corrected chi connectivity index (χ3v) is 15.2. The van der Waals surface area contributed by atoms with Gasteiger partial charge >= 0.3 is 11.8 Å². The summed E-state index contributed by atoms with van der Waals surface area (Å²) in [7, 11) is 1.72. The van der Waals surface area contributed by atoms with Gasteiger partial charge in [0, 0.05) is 49.2 Å². The maximum Gasteiger partial charge on any atom is 0.438 e. The Labute approximate surface area is 383 Å². The average molecular weight is 913 g/mol. The number of aromatic amines is 1. The fourth-order valence-electron chi connectivity index (χ4n) is 11.7. The van der Waals surface area contributed by atoms with Gasteiger partial charge in [0.2, 0.25) is 0 Å². The van der Waals surface area contributed by atoms with Crippen molar-refractivity contribution in [2.45, 2.75) is 96.4 Å². The summed E-state index contributed by atoms with van der Waals surface area (Å²) in [5.74, 6) is -0.621. The van der Waals surface area contributed by atoms with Crippen molar-refractivity contribution in [3.63, 3.8) is 0 Å². The predicted octanol–water partition coefficient (Wildman–Crippen LogP) is 7.71. The second-order valence-electron chi connectivity index (χ2n) is 19.8. The van der Waals surface area contributed by atoms with Gasteiger partial charge in [-0.25, -0.2) is 23.1 Å². The number of hydrogen-bond acceptors (Lipinski definition) is 9. The zero-order valence-corrected chi connectivity index (χ0v) is 38.3. The van der Waals surface area contributed by atoms with Crippen LogP contribution in [0.4, 0.5) is 25.1 Å². The molecule has 3 amide bonds. The number of carbonyl (C=O) groups is 2. The lowest BCUT2D eigenvalue weighted by Crippen LogP contribution is -2.42. The molecular formula is C49H50F2N10O6. The summed E-state index contributed by atoms with van der Waals surface area (Å²) in [4.78, 5) is 50.9. The van der Waals surface area contributed by atoms with Crippen LogP contribution in [-0.2, 0) is 23.7 Å². The smallest absolute Gasteiger partial charge is 0.438 e. The fourth-order valence-corrected chi connectivity index (χ4v) is 11.7. The number of aryl methyl sites for hydroxylation is 3. The number of fused-ring (bicyclic) bond motifs is 6. The molecule has 346 valence electrons. The van der Waals surface area contributed by atoms with Crippen molar-refractivity contribution in [3.8, 4) is 11.4 Å². The van der Waals surface area contributed by atoms with Crippen molar-refractivity contribution >= 4 is 45.2 Å². The van der Waals surface area contributed by atoms with E-state index in [1.54, 1.807) is 53.4 Å². The highest BCUT2D eigenvalue weighted by Gasteiger charge is 2.59. The first-order valence-corrected chi connectivity index (χ1v) is 23.0. The average Bonchev–Trinajstić information content (AvgIpc) is 3.91. The van der Waals surface area contributed by atoms with E-state index < -0.39 is 35.2 Å². The topological polar surface area (TPSA) is 162 Å². The Bertz CT molecular complexity index is 3300. The maximum atomic E-state index is 16.6. The highest BCUT2D eigenvalue weighted by atomic mass is 19.1. The molecule has 18 heteroatoms. The fraction of sp³-hybridized carbons (Fsp3) is 0.429. The monoisotopic (exact) mass is 912 g/mol. The number of nitrogens with zero attached hydrogens (tertiary/aromatic N) is 9. The summed E-state index contributed by atoms with van der Waals surface area (Å²) in [5.41, 5.74) is 4.53. The number of halogens is 2. The number of rotatable bonds is 6. The molecule has 16 nitrogen and oxygen atoms in total. The van der Waals surface area contributed by atoms with Crippen LogP contribution in [0.3, 0.4) is 0 Å². The van der Waals surface area contributed by atoms with Crippen molar-refractivity contribution < 1.29 is 32.4 Å². The van der Waals surface area contributed by atoms with Crippen molar-refractivity contribution in [1.29, 1.82) is 0 Å². The number of urea groups is 1. The highest BCUT2D eigenvalue weighted by Crippen LogP contribution is 2.56. The summed E-state index contributed by atoms with van der Waals surface area (Å²) in [6, 6.07) is 11.7. The molecule has 2 saturated heterocycles. The third-order valence-electron chi connectivity index (χ3n) is 15.2. The van der Waals surface area contributed by atoms with Crippen molar-refractivity contribution in [3.05, 3.63) is 110 Å². The van der Waals surface area contributed by atoms with Crippen molar-refractivity contribution in [1.82, 2.24) is 39.2 Å². The lowest BCUT2D eigenvalue weighted by molar-refractivity contribution is -0.0592. The lowest BCUT2D eigenvalue weighted by Gasteiger charge is -2.35. The Balaban J connectivity index is 0.986. The molecule has 5 atom stereocenters. The second kappa shape index (κ2) is 14.3. The molecule has 12 rings (SSSR count). The zero-order valence-electron chi connectivity index (χ0n) is 38.3. The minimum Gasteiger partial charge on any atom is -0.489 e. The minimum absolute atomic E-state index is 0.00267. The first-order chi connectivity index (χ1) is 32.0. The van der Waals surface area contributed by atoms with E-state index in [4.69, 9.17) is 19.1 Å². The number of carbonyl (C=O) groups excluding carboxylic acids is 2. The van der Waals surface area contributed by atoms with E-state index in [2.05, 4.69) is 54.2 Å². The summed E-state index contributed by atoms with van der Waals surface area (Å²) < 4.78 is 54.3. The second-order valence-corrected chi connectivity index (χ2v) is 19.8. The number of ether oxygens (including phenoxy) is 2. The Hall–Kier alpha value is -6.82. The summed E-state index contributed by atoms with van der Waals surface area (Å²) in [6.07, 6.45) is 4.13. The molecule has 0 unspecified atom stereocenters. The van der Waals surface area contributed by atoms with Crippen LogP contribution in [0.25, 0.3) is 27.5 Å². The van der Waals surface area contributed by atoms with E-state index in [-0.39, 0.29) is 59.1 Å². The van der Waals surface area contributed by atoms with Crippen LogP contribution in [-0.4, -0.2) is 89.1 Å². The molecule has 67 heavy (non-hydrogen) atoms.